The third kappa shape index (κ3) is 4.50. The van der Waals surface area contributed by atoms with Crippen LogP contribution in [0.25, 0.3) is 0 Å². The molecule has 0 unspecified atom stereocenters. The lowest BCUT2D eigenvalue weighted by Gasteiger charge is -2.27. The van der Waals surface area contributed by atoms with Gasteiger partial charge in [0.2, 0.25) is 5.91 Å². The van der Waals surface area contributed by atoms with Crippen LogP contribution in [-0.4, -0.2) is 46.5 Å². The Morgan fingerprint density at radius 3 is 2.48 bits per heavy atom. The predicted molar refractivity (Wildman–Crippen MR) is 82.3 cm³/mol. The van der Waals surface area contributed by atoms with Gasteiger partial charge in [-0.25, -0.2) is 4.98 Å². The number of rotatable bonds is 8. The summed E-state index contributed by atoms with van der Waals surface area (Å²) in [5.41, 5.74) is -0.141. The van der Waals surface area contributed by atoms with E-state index in [0.29, 0.717) is 19.4 Å². The maximum atomic E-state index is 11.6. The Kier molecular flexibility index (Phi) is 6.29. The minimum Gasteiger partial charge on any atom is -0.480 e. The summed E-state index contributed by atoms with van der Waals surface area (Å²) >= 11 is 1.42. The Labute approximate surface area is 129 Å². The van der Waals surface area contributed by atoms with Gasteiger partial charge in [-0.05, 0) is 12.8 Å². The monoisotopic (exact) mass is 313 g/mol. The van der Waals surface area contributed by atoms with Crippen LogP contribution in [-0.2, 0) is 22.6 Å². The van der Waals surface area contributed by atoms with Crippen molar-refractivity contribution in [1.82, 2.24) is 15.2 Å². The summed E-state index contributed by atoms with van der Waals surface area (Å²) in [5, 5.41) is 15.1. The zero-order chi connectivity index (χ0) is 16.0. The van der Waals surface area contributed by atoms with Crippen LogP contribution in [0.5, 0.6) is 0 Å². The number of nitrogens with zero attached hydrogens (tertiary/aromatic N) is 2. The van der Waals surface area contributed by atoms with E-state index in [2.05, 4.69) is 10.3 Å². The number of hydrogen-bond donors (Lipinski definition) is 2. The van der Waals surface area contributed by atoms with E-state index in [1.54, 1.807) is 14.1 Å². The van der Waals surface area contributed by atoms with E-state index in [4.69, 9.17) is 0 Å². The van der Waals surface area contributed by atoms with Crippen molar-refractivity contribution in [3.63, 3.8) is 0 Å². The summed E-state index contributed by atoms with van der Waals surface area (Å²) in [6, 6.07) is 0. The van der Waals surface area contributed by atoms with Crippen LogP contribution in [0.3, 0.4) is 0 Å². The number of carboxylic acid groups (broad SMARTS) is 1. The van der Waals surface area contributed by atoms with Crippen molar-refractivity contribution >= 4 is 23.2 Å². The van der Waals surface area contributed by atoms with Gasteiger partial charge in [0, 0.05) is 26.0 Å². The summed E-state index contributed by atoms with van der Waals surface area (Å²) in [7, 11) is 3.42. The molecule has 0 spiro atoms. The second kappa shape index (κ2) is 7.51. The largest absolute Gasteiger partial charge is 0.480 e. The summed E-state index contributed by atoms with van der Waals surface area (Å²) in [5.74, 6) is -0.836. The molecule has 6 nitrogen and oxygen atoms in total. The Bertz CT molecular complexity index is 495. The standard InChI is InChI=1S/C14H23N3O3S/c1-5-14(6-2,13(19)20)15-8-10-9-21-11(16-10)7-12(18)17(3)4/h9,15H,5-8H2,1-4H3,(H,19,20). The second-order valence-corrected chi connectivity index (χ2v) is 6.09. The lowest BCUT2D eigenvalue weighted by Crippen LogP contribution is -2.50. The van der Waals surface area contributed by atoms with Gasteiger partial charge in [-0.2, -0.15) is 0 Å². The number of likely N-dealkylation sites (N-methyl/N-ethyl adjacent to an activating group) is 1. The van der Waals surface area contributed by atoms with Crippen LogP contribution in [0.1, 0.15) is 37.4 Å². The molecule has 118 valence electrons. The minimum absolute atomic E-state index is 0.00542. The third-order valence-electron chi connectivity index (χ3n) is 3.62. The molecule has 0 bridgehead atoms. The van der Waals surface area contributed by atoms with Crippen LogP contribution in [0.2, 0.25) is 0 Å². The first-order valence-corrected chi connectivity index (χ1v) is 7.84. The van der Waals surface area contributed by atoms with Gasteiger partial charge in [0.25, 0.3) is 0 Å². The Hall–Kier alpha value is -1.47. The highest BCUT2D eigenvalue weighted by Gasteiger charge is 2.34. The lowest BCUT2D eigenvalue weighted by atomic mass is 9.93. The van der Waals surface area contributed by atoms with E-state index in [-0.39, 0.29) is 12.3 Å². The number of carbonyl (C=O) groups is 2. The van der Waals surface area contributed by atoms with E-state index in [1.165, 1.54) is 16.2 Å². The molecule has 1 aromatic rings. The van der Waals surface area contributed by atoms with E-state index in [1.807, 2.05) is 19.2 Å². The van der Waals surface area contributed by atoms with Crippen molar-refractivity contribution in [2.24, 2.45) is 0 Å². The highest BCUT2D eigenvalue weighted by Crippen LogP contribution is 2.17. The molecule has 0 saturated carbocycles. The van der Waals surface area contributed by atoms with Crippen LogP contribution >= 0.6 is 11.3 Å². The molecule has 1 aromatic heterocycles. The summed E-state index contributed by atoms with van der Waals surface area (Å²) in [6.45, 7) is 4.10. The first-order valence-electron chi connectivity index (χ1n) is 6.96. The van der Waals surface area contributed by atoms with Crippen LogP contribution < -0.4 is 5.32 Å². The average Bonchev–Trinajstić information content (AvgIpc) is 2.87. The number of carboxylic acids is 1. The smallest absolute Gasteiger partial charge is 0.323 e. The molecule has 0 aliphatic heterocycles. The van der Waals surface area contributed by atoms with Crippen molar-refractivity contribution in [1.29, 1.82) is 0 Å². The molecule has 0 aliphatic rings. The van der Waals surface area contributed by atoms with Crippen molar-refractivity contribution in [2.45, 2.75) is 45.2 Å². The molecule has 1 amide bonds. The molecule has 1 heterocycles. The van der Waals surface area contributed by atoms with E-state index in [9.17, 15) is 14.7 Å². The number of hydrogen-bond acceptors (Lipinski definition) is 5. The van der Waals surface area contributed by atoms with Gasteiger partial charge in [-0.3, -0.25) is 14.9 Å². The number of aliphatic carboxylic acids is 1. The minimum atomic E-state index is -0.913. The normalized spacial score (nSPS) is 11.4. The molecule has 0 saturated heterocycles. The van der Waals surface area contributed by atoms with E-state index in [0.717, 1.165) is 10.7 Å². The molecule has 0 radical (unpaired) electrons. The molecule has 0 aromatic carbocycles. The van der Waals surface area contributed by atoms with Crippen LogP contribution in [0, 0.1) is 0 Å². The summed E-state index contributed by atoms with van der Waals surface area (Å²) < 4.78 is 0. The lowest BCUT2D eigenvalue weighted by molar-refractivity contribution is -0.145. The average molecular weight is 313 g/mol. The van der Waals surface area contributed by atoms with Crippen molar-refractivity contribution in [3.05, 3.63) is 16.1 Å². The van der Waals surface area contributed by atoms with Gasteiger partial charge in [0.1, 0.15) is 10.5 Å². The van der Waals surface area contributed by atoms with Gasteiger partial charge in [0.15, 0.2) is 0 Å². The van der Waals surface area contributed by atoms with Gasteiger partial charge >= 0.3 is 5.97 Å². The molecular formula is C14H23N3O3S. The molecule has 0 aliphatic carbocycles. The first-order chi connectivity index (χ1) is 9.84. The number of carbonyl (C=O) groups excluding carboxylic acids is 1. The van der Waals surface area contributed by atoms with E-state index < -0.39 is 11.5 Å². The SMILES string of the molecule is CCC(CC)(NCc1csc(CC(=O)N(C)C)n1)C(=O)O. The summed E-state index contributed by atoms with van der Waals surface area (Å²) in [4.78, 5) is 28.9. The molecule has 0 fully saturated rings. The molecule has 1 rings (SSSR count). The zero-order valence-corrected chi connectivity index (χ0v) is 13.8. The van der Waals surface area contributed by atoms with Crippen LogP contribution in [0.15, 0.2) is 5.38 Å². The maximum absolute atomic E-state index is 11.6. The van der Waals surface area contributed by atoms with Crippen molar-refractivity contribution in [3.8, 4) is 0 Å². The molecule has 7 heteroatoms. The van der Waals surface area contributed by atoms with Crippen LogP contribution in [0.4, 0.5) is 0 Å². The number of aromatic nitrogens is 1. The fraction of sp³-hybridized carbons (Fsp3) is 0.643. The number of amides is 1. The quantitative estimate of drug-likeness (QED) is 0.760. The second-order valence-electron chi connectivity index (χ2n) is 5.15. The summed E-state index contributed by atoms with van der Waals surface area (Å²) in [6.07, 6.45) is 1.30. The Morgan fingerprint density at radius 2 is 2.00 bits per heavy atom. The third-order valence-corrected chi connectivity index (χ3v) is 4.52. The molecule has 21 heavy (non-hydrogen) atoms. The fourth-order valence-electron chi connectivity index (χ4n) is 1.94. The Balaban J connectivity index is 2.66. The maximum Gasteiger partial charge on any atom is 0.323 e. The first kappa shape index (κ1) is 17.6. The van der Waals surface area contributed by atoms with Crippen molar-refractivity contribution in [2.75, 3.05) is 14.1 Å². The Morgan fingerprint density at radius 1 is 1.38 bits per heavy atom. The zero-order valence-electron chi connectivity index (χ0n) is 13.0. The fourth-order valence-corrected chi connectivity index (χ4v) is 2.72. The number of thiazole rings is 1. The van der Waals surface area contributed by atoms with Gasteiger partial charge in [-0.15, -0.1) is 11.3 Å². The number of nitrogens with one attached hydrogen (secondary N) is 1. The molecule has 2 N–H and O–H groups in total. The van der Waals surface area contributed by atoms with Crippen molar-refractivity contribution < 1.29 is 14.7 Å². The van der Waals surface area contributed by atoms with Gasteiger partial charge in [-0.1, -0.05) is 13.8 Å². The molecule has 0 atom stereocenters. The molecular weight excluding hydrogens is 290 g/mol. The predicted octanol–water partition coefficient (Wildman–Crippen LogP) is 1.51. The highest BCUT2D eigenvalue weighted by atomic mass is 32.1. The topological polar surface area (TPSA) is 82.5 Å². The van der Waals surface area contributed by atoms with E-state index >= 15 is 0 Å². The van der Waals surface area contributed by atoms with Gasteiger partial charge < -0.3 is 10.0 Å². The highest BCUT2D eigenvalue weighted by molar-refractivity contribution is 7.09. The van der Waals surface area contributed by atoms with Gasteiger partial charge in [0.05, 0.1) is 12.1 Å².